The molecular formula is C22H31NO4. The number of benzene rings is 2. The zero-order valence-electron chi connectivity index (χ0n) is 15.8. The van der Waals surface area contributed by atoms with Crippen molar-refractivity contribution in [2.45, 2.75) is 37.6 Å². The van der Waals surface area contributed by atoms with E-state index < -0.39 is 5.54 Å². The molecule has 5 heteroatoms. The number of ether oxygens (including phenoxy) is 2. The summed E-state index contributed by atoms with van der Waals surface area (Å²) in [4.78, 5) is 0. The Morgan fingerprint density at radius 3 is 1.85 bits per heavy atom. The molecule has 148 valence electrons. The SMILES string of the molecule is NC(CO)(CO)CCc1ccc(OCCCCCOc2ccccc2)cc1. The van der Waals surface area contributed by atoms with Gasteiger partial charge in [0.15, 0.2) is 0 Å². The molecule has 0 aliphatic heterocycles. The van der Waals surface area contributed by atoms with E-state index in [9.17, 15) is 10.2 Å². The zero-order chi connectivity index (χ0) is 19.4. The molecule has 0 saturated carbocycles. The first-order chi connectivity index (χ1) is 13.1. The number of para-hydroxylation sites is 1. The van der Waals surface area contributed by atoms with Crippen LogP contribution in [0.5, 0.6) is 11.5 Å². The van der Waals surface area contributed by atoms with Crippen LogP contribution in [-0.2, 0) is 6.42 Å². The summed E-state index contributed by atoms with van der Waals surface area (Å²) in [5.74, 6) is 1.77. The van der Waals surface area contributed by atoms with Crippen molar-refractivity contribution < 1.29 is 19.7 Å². The summed E-state index contributed by atoms with van der Waals surface area (Å²) in [6, 6.07) is 17.7. The minimum absolute atomic E-state index is 0.221. The Hall–Kier alpha value is -2.08. The average molecular weight is 373 g/mol. The molecule has 0 saturated heterocycles. The summed E-state index contributed by atoms with van der Waals surface area (Å²) >= 11 is 0. The Labute approximate surface area is 161 Å². The molecule has 0 bridgehead atoms. The smallest absolute Gasteiger partial charge is 0.119 e. The third kappa shape index (κ3) is 7.99. The molecule has 2 aromatic carbocycles. The Morgan fingerprint density at radius 1 is 0.741 bits per heavy atom. The molecule has 0 amide bonds. The van der Waals surface area contributed by atoms with Crippen molar-refractivity contribution in [2.24, 2.45) is 5.73 Å². The van der Waals surface area contributed by atoms with Crippen LogP contribution < -0.4 is 15.2 Å². The summed E-state index contributed by atoms with van der Waals surface area (Å²) in [5, 5.41) is 18.5. The molecule has 0 atom stereocenters. The van der Waals surface area contributed by atoms with Crippen LogP contribution in [0.25, 0.3) is 0 Å². The molecule has 4 N–H and O–H groups in total. The highest BCUT2D eigenvalue weighted by atomic mass is 16.5. The molecule has 0 fully saturated rings. The quantitative estimate of drug-likeness (QED) is 0.470. The van der Waals surface area contributed by atoms with Crippen LogP contribution in [0.4, 0.5) is 0 Å². The van der Waals surface area contributed by atoms with E-state index in [1.807, 2.05) is 54.6 Å². The van der Waals surface area contributed by atoms with Gasteiger partial charge in [-0.15, -0.1) is 0 Å². The molecule has 2 rings (SSSR count). The summed E-state index contributed by atoms with van der Waals surface area (Å²) in [5.41, 5.74) is 6.08. The van der Waals surface area contributed by atoms with Gasteiger partial charge in [0.05, 0.1) is 32.0 Å². The van der Waals surface area contributed by atoms with Gasteiger partial charge in [-0.2, -0.15) is 0 Å². The highest BCUT2D eigenvalue weighted by molar-refractivity contribution is 5.27. The Balaban J connectivity index is 1.57. The van der Waals surface area contributed by atoms with Crippen LogP contribution in [-0.4, -0.2) is 42.2 Å². The van der Waals surface area contributed by atoms with Crippen LogP contribution >= 0.6 is 0 Å². The Morgan fingerprint density at radius 2 is 1.30 bits per heavy atom. The number of unbranched alkanes of at least 4 members (excludes halogenated alkanes) is 2. The largest absolute Gasteiger partial charge is 0.494 e. The van der Waals surface area contributed by atoms with Crippen LogP contribution in [0, 0.1) is 0 Å². The monoisotopic (exact) mass is 373 g/mol. The number of hydrogen-bond donors (Lipinski definition) is 3. The number of rotatable bonds is 13. The third-order valence-corrected chi connectivity index (χ3v) is 4.53. The third-order valence-electron chi connectivity index (χ3n) is 4.53. The van der Waals surface area contributed by atoms with Crippen LogP contribution in [0.3, 0.4) is 0 Å². The predicted octanol–water partition coefficient (Wildman–Crippen LogP) is 2.93. The molecular weight excluding hydrogens is 342 g/mol. The summed E-state index contributed by atoms with van der Waals surface area (Å²) in [6.07, 6.45) is 4.30. The lowest BCUT2D eigenvalue weighted by Gasteiger charge is -2.24. The fourth-order valence-electron chi connectivity index (χ4n) is 2.63. The van der Waals surface area contributed by atoms with Gasteiger partial charge in [-0.1, -0.05) is 30.3 Å². The number of nitrogens with two attached hydrogens (primary N) is 1. The highest BCUT2D eigenvalue weighted by Crippen LogP contribution is 2.17. The minimum Gasteiger partial charge on any atom is -0.494 e. The molecule has 2 aromatic rings. The van der Waals surface area contributed by atoms with E-state index in [1.54, 1.807) is 0 Å². The first kappa shape index (κ1) is 21.2. The van der Waals surface area contributed by atoms with Crippen molar-refractivity contribution in [2.75, 3.05) is 26.4 Å². The van der Waals surface area contributed by atoms with Crippen molar-refractivity contribution in [3.63, 3.8) is 0 Å². The van der Waals surface area contributed by atoms with Gasteiger partial charge in [-0.25, -0.2) is 0 Å². The van der Waals surface area contributed by atoms with E-state index in [0.717, 1.165) is 42.9 Å². The van der Waals surface area contributed by atoms with Gasteiger partial charge >= 0.3 is 0 Å². The second kappa shape index (κ2) is 11.6. The number of hydrogen-bond acceptors (Lipinski definition) is 5. The summed E-state index contributed by atoms with van der Waals surface area (Å²) in [6.45, 7) is 0.969. The number of aryl methyl sites for hydroxylation is 1. The van der Waals surface area contributed by atoms with Crippen LogP contribution in [0.1, 0.15) is 31.2 Å². The fraction of sp³-hybridized carbons (Fsp3) is 0.455. The number of aliphatic hydroxyl groups excluding tert-OH is 2. The lowest BCUT2D eigenvalue weighted by atomic mass is 9.94. The predicted molar refractivity (Wildman–Crippen MR) is 107 cm³/mol. The lowest BCUT2D eigenvalue weighted by molar-refractivity contribution is 0.115. The zero-order valence-corrected chi connectivity index (χ0v) is 15.8. The first-order valence-corrected chi connectivity index (χ1v) is 9.55. The second-order valence-corrected chi connectivity index (χ2v) is 6.89. The van der Waals surface area contributed by atoms with E-state index in [2.05, 4.69) is 0 Å². The van der Waals surface area contributed by atoms with Crippen molar-refractivity contribution >= 4 is 0 Å². The van der Waals surface area contributed by atoms with E-state index >= 15 is 0 Å². The molecule has 0 unspecified atom stereocenters. The lowest BCUT2D eigenvalue weighted by Crippen LogP contribution is -2.47. The van der Waals surface area contributed by atoms with Crippen LogP contribution in [0.15, 0.2) is 54.6 Å². The summed E-state index contributed by atoms with van der Waals surface area (Å²) < 4.78 is 11.4. The molecule has 27 heavy (non-hydrogen) atoms. The maximum absolute atomic E-state index is 9.23. The maximum atomic E-state index is 9.23. The minimum atomic E-state index is -0.917. The van der Waals surface area contributed by atoms with E-state index in [0.29, 0.717) is 19.4 Å². The van der Waals surface area contributed by atoms with Gasteiger partial charge in [0.2, 0.25) is 0 Å². The van der Waals surface area contributed by atoms with Gasteiger partial charge < -0.3 is 25.4 Å². The highest BCUT2D eigenvalue weighted by Gasteiger charge is 2.22. The standard InChI is InChI=1S/C22H31NO4/c23-22(17-24,18-25)14-13-19-9-11-21(12-10-19)27-16-6-2-5-15-26-20-7-3-1-4-8-20/h1,3-4,7-12,24-25H,2,5-6,13-18,23H2. The second-order valence-electron chi connectivity index (χ2n) is 6.89. The van der Waals surface area contributed by atoms with E-state index in [-0.39, 0.29) is 13.2 Å². The van der Waals surface area contributed by atoms with Crippen molar-refractivity contribution in [3.05, 3.63) is 60.2 Å². The topological polar surface area (TPSA) is 84.9 Å². The van der Waals surface area contributed by atoms with Gasteiger partial charge in [0.1, 0.15) is 11.5 Å². The molecule has 0 aliphatic rings. The van der Waals surface area contributed by atoms with Crippen LogP contribution in [0.2, 0.25) is 0 Å². The first-order valence-electron chi connectivity index (χ1n) is 9.55. The van der Waals surface area contributed by atoms with Gasteiger partial charge in [0.25, 0.3) is 0 Å². The maximum Gasteiger partial charge on any atom is 0.119 e. The average Bonchev–Trinajstić information content (AvgIpc) is 2.73. The van der Waals surface area contributed by atoms with Crippen molar-refractivity contribution in [3.8, 4) is 11.5 Å². The molecule has 0 spiro atoms. The van der Waals surface area contributed by atoms with Gasteiger partial charge in [-0.3, -0.25) is 0 Å². The van der Waals surface area contributed by atoms with Crippen molar-refractivity contribution in [1.29, 1.82) is 0 Å². The molecule has 0 aliphatic carbocycles. The van der Waals surface area contributed by atoms with E-state index in [4.69, 9.17) is 15.2 Å². The van der Waals surface area contributed by atoms with Gasteiger partial charge in [0, 0.05) is 0 Å². The molecule has 5 nitrogen and oxygen atoms in total. The Bertz CT molecular complexity index is 627. The Kier molecular flexibility index (Phi) is 9.11. The van der Waals surface area contributed by atoms with Crippen molar-refractivity contribution in [1.82, 2.24) is 0 Å². The van der Waals surface area contributed by atoms with E-state index in [1.165, 1.54) is 0 Å². The van der Waals surface area contributed by atoms with Gasteiger partial charge in [-0.05, 0) is 61.9 Å². The molecule has 0 aromatic heterocycles. The fourth-order valence-corrected chi connectivity index (χ4v) is 2.63. The number of aliphatic hydroxyl groups is 2. The molecule has 0 heterocycles. The summed E-state index contributed by atoms with van der Waals surface area (Å²) in [7, 11) is 0. The normalized spacial score (nSPS) is 11.4. The molecule has 0 radical (unpaired) electrons.